The van der Waals surface area contributed by atoms with E-state index in [1.165, 1.54) is 6.26 Å². The zero-order chi connectivity index (χ0) is 15.4. The van der Waals surface area contributed by atoms with Gasteiger partial charge in [0.15, 0.2) is 0 Å². The number of rotatable bonds is 7. The minimum Gasteiger partial charge on any atom is -0.374 e. The molecular formula is C14H30N2O3S. The van der Waals surface area contributed by atoms with Gasteiger partial charge in [-0.2, -0.15) is 0 Å². The first-order valence-corrected chi connectivity index (χ1v) is 9.52. The van der Waals surface area contributed by atoms with Crippen molar-refractivity contribution in [2.45, 2.75) is 69.8 Å². The molecule has 0 spiro atoms. The van der Waals surface area contributed by atoms with Crippen LogP contribution in [0.1, 0.15) is 52.9 Å². The largest absolute Gasteiger partial charge is 0.374 e. The maximum atomic E-state index is 11.8. The van der Waals surface area contributed by atoms with Gasteiger partial charge < -0.3 is 4.74 Å². The van der Waals surface area contributed by atoms with E-state index in [1.807, 2.05) is 6.92 Å². The summed E-state index contributed by atoms with van der Waals surface area (Å²) in [6.07, 6.45) is 5.57. The Balaban J connectivity index is 2.89. The van der Waals surface area contributed by atoms with E-state index in [-0.39, 0.29) is 22.8 Å². The van der Waals surface area contributed by atoms with Gasteiger partial charge in [0.05, 0.1) is 16.9 Å². The van der Waals surface area contributed by atoms with E-state index in [4.69, 9.17) is 10.6 Å². The molecule has 6 heteroatoms. The van der Waals surface area contributed by atoms with Crippen LogP contribution in [0.4, 0.5) is 0 Å². The van der Waals surface area contributed by atoms with Crippen LogP contribution in [0.15, 0.2) is 0 Å². The molecule has 0 aromatic heterocycles. The molecule has 120 valence electrons. The molecule has 3 N–H and O–H groups in total. The third-order valence-electron chi connectivity index (χ3n) is 4.76. The molecule has 0 bridgehead atoms. The van der Waals surface area contributed by atoms with Crippen molar-refractivity contribution in [1.82, 2.24) is 5.43 Å². The van der Waals surface area contributed by atoms with Crippen LogP contribution in [0.3, 0.4) is 0 Å². The van der Waals surface area contributed by atoms with E-state index >= 15 is 0 Å². The first-order chi connectivity index (χ1) is 9.28. The lowest BCUT2D eigenvalue weighted by molar-refractivity contribution is -0.0729. The number of sulfone groups is 1. The maximum absolute atomic E-state index is 11.8. The molecule has 0 amide bonds. The highest BCUT2D eigenvalue weighted by atomic mass is 32.2. The van der Waals surface area contributed by atoms with Crippen molar-refractivity contribution in [2.75, 3.05) is 12.9 Å². The molecule has 0 radical (unpaired) electrons. The standard InChI is InChI=1S/C14H30N2O3S/c1-5-14(3,19-6-2)13(16-15)11-8-7-9-12(10-11)20(4,17)18/h11-13,16H,5-10,15H2,1-4H3. The Bertz CT molecular complexity index is 399. The highest BCUT2D eigenvalue weighted by Gasteiger charge is 2.41. The average Bonchev–Trinajstić information content (AvgIpc) is 2.39. The van der Waals surface area contributed by atoms with E-state index in [2.05, 4.69) is 19.3 Å². The van der Waals surface area contributed by atoms with E-state index in [9.17, 15) is 8.42 Å². The molecule has 0 aromatic rings. The van der Waals surface area contributed by atoms with E-state index in [1.54, 1.807) is 0 Å². The second kappa shape index (κ2) is 7.20. The van der Waals surface area contributed by atoms with Gasteiger partial charge in [0.25, 0.3) is 0 Å². The van der Waals surface area contributed by atoms with E-state index < -0.39 is 9.84 Å². The van der Waals surface area contributed by atoms with E-state index in [0.29, 0.717) is 13.0 Å². The summed E-state index contributed by atoms with van der Waals surface area (Å²) in [5.41, 5.74) is 2.55. The summed E-state index contributed by atoms with van der Waals surface area (Å²) in [6.45, 7) is 6.74. The Morgan fingerprint density at radius 1 is 1.40 bits per heavy atom. The summed E-state index contributed by atoms with van der Waals surface area (Å²) in [7, 11) is -2.97. The number of ether oxygens (including phenoxy) is 1. The lowest BCUT2D eigenvalue weighted by Gasteiger charge is -2.43. The predicted octanol–water partition coefficient (Wildman–Crippen LogP) is 1.63. The van der Waals surface area contributed by atoms with Crippen molar-refractivity contribution >= 4 is 9.84 Å². The van der Waals surface area contributed by atoms with Crippen molar-refractivity contribution in [3.8, 4) is 0 Å². The average molecular weight is 306 g/mol. The van der Waals surface area contributed by atoms with Gasteiger partial charge >= 0.3 is 0 Å². The summed E-state index contributed by atoms with van der Waals surface area (Å²) in [4.78, 5) is 0. The van der Waals surface area contributed by atoms with Gasteiger partial charge in [-0.15, -0.1) is 0 Å². The summed E-state index contributed by atoms with van der Waals surface area (Å²) in [5.74, 6) is 6.01. The van der Waals surface area contributed by atoms with Crippen LogP contribution in [0.2, 0.25) is 0 Å². The molecule has 0 heterocycles. The lowest BCUT2D eigenvalue weighted by Crippen LogP contribution is -2.58. The minimum absolute atomic E-state index is 0.0167. The maximum Gasteiger partial charge on any atom is 0.150 e. The third kappa shape index (κ3) is 4.16. The molecule has 1 fully saturated rings. The Hall–Kier alpha value is -0.170. The Morgan fingerprint density at radius 3 is 2.50 bits per heavy atom. The SMILES string of the molecule is CCOC(C)(CC)C(NN)C1CCCC(S(C)(=O)=O)C1. The zero-order valence-corrected chi connectivity index (χ0v) is 14.0. The number of hydrogen-bond donors (Lipinski definition) is 2. The van der Waals surface area contributed by atoms with Crippen molar-refractivity contribution in [2.24, 2.45) is 11.8 Å². The summed E-state index contributed by atoms with van der Waals surface area (Å²) < 4.78 is 29.5. The fraction of sp³-hybridized carbons (Fsp3) is 1.00. The van der Waals surface area contributed by atoms with Crippen molar-refractivity contribution in [3.05, 3.63) is 0 Å². The number of nitrogens with two attached hydrogens (primary N) is 1. The van der Waals surface area contributed by atoms with Crippen LogP contribution in [0, 0.1) is 5.92 Å². The van der Waals surface area contributed by atoms with Gasteiger partial charge in [-0.25, -0.2) is 8.42 Å². The van der Waals surface area contributed by atoms with Gasteiger partial charge in [-0.3, -0.25) is 11.3 Å². The van der Waals surface area contributed by atoms with Crippen molar-refractivity contribution in [1.29, 1.82) is 0 Å². The molecule has 20 heavy (non-hydrogen) atoms. The molecule has 4 atom stereocenters. The van der Waals surface area contributed by atoms with Gasteiger partial charge in [-0.05, 0) is 45.4 Å². The first kappa shape index (κ1) is 17.9. The van der Waals surface area contributed by atoms with Gasteiger partial charge in [0, 0.05) is 12.9 Å². The second-order valence-corrected chi connectivity index (χ2v) is 8.45. The summed E-state index contributed by atoms with van der Waals surface area (Å²) >= 11 is 0. The van der Waals surface area contributed by atoms with Crippen LogP contribution < -0.4 is 11.3 Å². The molecule has 0 aromatic carbocycles. The summed E-state index contributed by atoms with van der Waals surface area (Å²) in [5, 5.41) is -0.236. The molecule has 1 aliphatic rings. The smallest absolute Gasteiger partial charge is 0.150 e. The number of nitrogens with one attached hydrogen (secondary N) is 1. The van der Waals surface area contributed by atoms with E-state index in [0.717, 1.165) is 25.7 Å². The Kier molecular flexibility index (Phi) is 6.44. The third-order valence-corrected chi connectivity index (χ3v) is 6.40. The fourth-order valence-corrected chi connectivity index (χ4v) is 4.62. The predicted molar refractivity (Wildman–Crippen MR) is 82.0 cm³/mol. The van der Waals surface area contributed by atoms with Crippen molar-refractivity contribution in [3.63, 3.8) is 0 Å². The molecule has 1 rings (SSSR count). The van der Waals surface area contributed by atoms with Crippen molar-refractivity contribution < 1.29 is 13.2 Å². The molecule has 0 saturated heterocycles. The van der Waals surface area contributed by atoms with Crippen LogP contribution in [0.5, 0.6) is 0 Å². The lowest BCUT2D eigenvalue weighted by atomic mass is 9.76. The minimum atomic E-state index is -2.97. The van der Waals surface area contributed by atoms with Crippen LogP contribution in [0.25, 0.3) is 0 Å². The van der Waals surface area contributed by atoms with Gasteiger partial charge in [0.2, 0.25) is 0 Å². The highest BCUT2D eigenvalue weighted by Crippen LogP contribution is 2.36. The van der Waals surface area contributed by atoms with Gasteiger partial charge in [-0.1, -0.05) is 13.3 Å². The number of hydrazine groups is 1. The normalized spacial score (nSPS) is 28.9. The topological polar surface area (TPSA) is 81.4 Å². The highest BCUT2D eigenvalue weighted by molar-refractivity contribution is 7.91. The number of hydrogen-bond acceptors (Lipinski definition) is 5. The fourth-order valence-electron chi connectivity index (χ4n) is 3.43. The molecule has 0 aliphatic heterocycles. The molecule has 1 aliphatic carbocycles. The molecular weight excluding hydrogens is 276 g/mol. The second-order valence-electron chi connectivity index (χ2n) is 6.12. The van der Waals surface area contributed by atoms with Gasteiger partial charge in [0.1, 0.15) is 9.84 Å². The Morgan fingerprint density at radius 2 is 2.05 bits per heavy atom. The van der Waals surface area contributed by atoms with Crippen LogP contribution in [-0.4, -0.2) is 38.2 Å². The first-order valence-electron chi connectivity index (χ1n) is 7.57. The van der Waals surface area contributed by atoms with Crippen LogP contribution in [-0.2, 0) is 14.6 Å². The molecule has 4 unspecified atom stereocenters. The molecule has 1 saturated carbocycles. The zero-order valence-electron chi connectivity index (χ0n) is 13.2. The Labute approximate surface area is 123 Å². The van der Waals surface area contributed by atoms with Crippen LogP contribution >= 0.6 is 0 Å². The summed E-state index contributed by atoms with van der Waals surface area (Å²) in [6, 6.07) is -0.0167. The monoisotopic (exact) mass is 306 g/mol. The quantitative estimate of drug-likeness (QED) is 0.552. The molecule has 5 nitrogen and oxygen atoms in total.